The van der Waals surface area contributed by atoms with Gasteiger partial charge in [-0.1, -0.05) is 29.3 Å². The summed E-state index contributed by atoms with van der Waals surface area (Å²) in [6.45, 7) is 4.05. The van der Waals surface area contributed by atoms with Crippen LogP contribution in [0.5, 0.6) is 0 Å². The zero-order valence-electron chi connectivity index (χ0n) is 11.7. The van der Waals surface area contributed by atoms with Crippen molar-refractivity contribution in [1.29, 1.82) is 0 Å². The van der Waals surface area contributed by atoms with E-state index in [9.17, 15) is 4.79 Å². The van der Waals surface area contributed by atoms with Crippen LogP contribution in [-0.4, -0.2) is 15.7 Å². The van der Waals surface area contributed by atoms with E-state index in [1.807, 2.05) is 30.8 Å². The second kappa shape index (κ2) is 5.35. The van der Waals surface area contributed by atoms with Crippen LogP contribution in [0.3, 0.4) is 0 Å². The van der Waals surface area contributed by atoms with Crippen LogP contribution in [0.4, 0.5) is 5.82 Å². The number of hydrogen-bond acceptors (Lipinski definition) is 2. The number of aromatic nitrogens is 2. The van der Waals surface area contributed by atoms with E-state index in [-0.39, 0.29) is 17.9 Å². The molecular weight excluding hydrogens is 309 g/mol. The van der Waals surface area contributed by atoms with Gasteiger partial charge in [0.25, 0.3) is 0 Å². The highest BCUT2D eigenvalue weighted by molar-refractivity contribution is 6.35. The Morgan fingerprint density at radius 2 is 2.10 bits per heavy atom. The number of anilines is 1. The number of nitrogens with zero attached hydrogens (tertiary/aromatic N) is 2. The van der Waals surface area contributed by atoms with Gasteiger partial charge in [-0.05, 0) is 31.5 Å². The minimum atomic E-state index is -0.0917. The van der Waals surface area contributed by atoms with E-state index in [4.69, 9.17) is 23.2 Å². The third kappa shape index (κ3) is 2.54. The first-order chi connectivity index (χ1) is 9.97. The average molecular weight is 324 g/mol. The highest BCUT2D eigenvalue weighted by atomic mass is 35.5. The SMILES string of the molecule is CC(C)n1ncc2c1NC(=O)C[C@@H]2c1ccc(Cl)cc1Cl. The molecule has 1 aromatic carbocycles. The molecule has 0 unspecified atom stereocenters. The molecule has 0 saturated heterocycles. The zero-order valence-corrected chi connectivity index (χ0v) is 13.2. The molecule has 21 heavy (non-hydrogen) atoms. The number of nitrogens with one attached hydrogen (secondary N) is 1. The Morgan fingerprint density at radius 1 is 1.33 bits per heavy atom. The van der Waals surface area contributed by atoms with E-state index in [0.717, 1.165) is 16.9 Å². The van der Waals surface area contributed by atoms with Gasteiger partial charge in [-0.25, -0.2) is 4.68 Å². The molecule has 4 nitrogen and oxygen atoms in total. The molecule has 0 fully saturated rings. The Labute approximate surface area is 133 Å². The van der Waals surface area contributed by atoms with Gasteiger partial charge in [0.05, 0.1) is 6.20 Å². The summed E-state index contributed by atoms with van der Waals surface area (Å²) >= 11 is 12.3. The molecule has 6 heteroatoms. The number of amides is 1. The van der Waals surface area contributed by atoms with Crippen molar-refractivity contribution in [2.45, 2.75) is 32.2 Å². The Kier molecular flexibility index (Phi) is 3.68. The summed E-state index contributed by atoms with van der Waals surface area (Å²) in [6, 6.07) is 5.55. The van der Waals surface area contributed by atoms with Gasteiger partial charge in [-0.2, -0.15) is 5.10 Å². The van der Waals surface area contributed by atoms with Gasteiger partial charge < -0.3 is 5.32 Å². The molecule has 1 amide bonds. The van der Waals surface area contributed by atoms with Crippen molar-refractivity contribution >= 4 is 34.9 Å². The largest absolute Gasteiger partial charge is 0.311 e. The monoisotopic (exact) mass is 323 g/mol. The van der Waals surface area contributed by atoms with E-state index in [1.165, 1.54) is 0 Å². The number of carbonyl (C=O) groups is 1. The molecule has 2 heterocycles. The normalized spacial score (nSPS) is 17.8. The summed E-state index contributed by atoms with van der Waals surface area (Å²) in [5.74, 6) is 0.643. The summed E-state index contributed by atoms with van der Waals surface area (Å²) in [5.41, 5.74) is 1.90. The van der Waals surface area contributed by atoms with Crippen molar-refractivity contribution in [1.82, 2.24) is 9.78 Å². The molecule has 1 atom stereocenters. The third-order valence-electron chi connectivity index (χ3n) is 3.67. The van der Waals surface area contributed by atoms with Crippen LogP contribution in [0.25, 0.3) is 0 Å². The Balaban J connectivity index is 2.11. The molecule has 1 aliphatic heterocycles. The summed E-state index contributed by atoms with van der Waals surface area (Å²) < 4.78 is 1.82. The molecule has 0 bridgehead atoms. The quantitative estimate of drug-likeness (QED) is 0.898. The van der Waals surface area contributed by atoms with Crippen LogP contribution >= 0.6 is 23.2 Å². The molecule has 2 aromatic rings. The standard InChI is InChI=1S/C15H15Cl2N3O/c1-8(2)20-15-12(7-18-20)11(6-14(21)19-15)10-4-3-9(16)5-13(10)17/h3-5,7-8,11H,6H2,1-2H3,(H,19,21)/t11-/m1/s1. The molecule has 0 saturated carbocycles. The van der Waals surface area contributed by atoms with Gasteiger partial charge in [0, 0.05) is 34.0 Å². The average Bonchev–Trinajstić information content (AvgIpc) is 2.81. The van der Waals surface area contributed by atoms with E-state index >= 15 is 0 Å². The molecule has 110 valence electrons. The smallest absolute Gasteiger partial charge is 0.226 e. The van der Waals surface area contributed by atoms with Gasteiger partial charge in [-0.3, -0.25) is 4.79 Å². The number of rotatable bonds is 2. The van der Waals surface area contributed by atoms with Gasteiger partial charge in [-0.15, -0.1) is 0 Å². The molecular formula is C15H15Cl2N3O. The van der Waals surface area contributed by atoms with Crippen molar-refractivity contribution < 1.29 is 4.79 Å². The predicted octanol–water partition coefficient (Wildman–Crippen LogP) is 4.24. The van der Waals surface area contributed by atoms with Gasteiger partial charge in [0.15, 0.2) is 0 Å². The molecule has 0 radical (unpaired) electrons. The molecule has 1 aliphatic rings. The van der Waals surface area contributed by atoms with Crippen molar-refractivity contribution in [3.63, 3.8) is 0 Å². The lowest BCUT2D eigenvalue weighted by Gasteiger charge is -2.25. The molecule has 1 aromatic heterocycles. The van der Waals surface area contributed by atoms with Crippen molar-refractivity contribution in [3.8, 4) is 0 Å². The van der Waals surface area contributed by atoms with Crippen molar-refractivity contribution in [2.75, 3.05) is 5.32 Å². The maximum Gasteiger partial charge on any atom is 0.226 e. The number of fused-ring (bicyclic) bond motifs is 1. The second-order valence-electron chi connectivity index (χ2n) is 5.46. The number of halogens is 2. The van der Waals surface area contributed by atoms with E-state index in [0.29, 0.717) is 16.5 Å². The van der Waals surface area contributed by atoms with Crippen molar-refractivity contribution in [3.05, 3.63) is 45.6 Å². The van der Waals surface area contributed by atoms with Crippen LogP contribution in [0.15, 0.2) is 24.4 Å². The van der Waals surface area contributed by atoms with Crippen molar-refractivity contribution in [2.24, 2.45) is 0 Å². The van der Waals surface area contributed by atoms with E-state index < -0.39 is 0 Å². The fraction of sp³-hybridized carbons (Fsp3) is 0.333. The number of benzene rings is 1. The first-order valence-corrected chi connectivity index (χ1v) is 7.55. The number of hydrogen-bond donors (Lipinski definition) is 1. The highest BCUT2D eigenvalue weighted by Gasteiger charge is 2.31. The first-order valence-electron chi connectivity index (χ1n) is 6.79. The van der Waals surface area contributed by atoms with Crippen LogP contribution < -0.4 is 5.32 Å². The van der Waals surface area contributed by atoms with Crippen LogP contribution in [0.1, 0.15) is 43.4 Å². The number of carbonyl (C=O) groups excluding carboxylic acids is 1. The fourth-order valence-electron chi connectivity index (χ4n) is 2.69. The lowest BCUT2D eigenvalue weighted by Crippen LogP contribution is -2.25. The molecule has 3 rings (SSSR count). The maximum atomic E-state index is 12.0. The maximum absolute atomic E-state index is 12.0. The summed E-state index contributed by atoms with van der Waals surface area (Å²) in [7, 11) is 0. The summed E-state index contributed by atoms with van der Waals surface area (Å²) in [5, 5.41) is 8.46. The van der Waals surface area contributed by atoms with Gasteiger partial charge in [0.1, 0.15) is 5.82 Å². The highest BCUT2D eigenvalue weighted by Crippen LogP contribution is 2.40. The molecule has 0 aliphatic carbocycles. The Hall–Kier alpha value is -1.52. The minimum absolute atomic E-state index is 0.0269. The summed E-state index contributed by atoms with van der Waals surface area (Å²) in [4.78, 5) is 12.0. The Morgan fingerprint density at radius 3 is 2.76 bits per heavy atom. The van der Waals surface area contributed by atoms with E-state index in [2.05, 4.69) is 10.4 Å². The van der Waals surface area contributed by atoms with Gasteiger partial charge >= 0.3 is 0 Å². The predicted molar refractivity (Wildman–Crippen MR) is 84.2 cm³/mol. The van der Waals surface area contributed by atoms with Gasteiger partial charge in [0.2, 0.25) is 5.91 Å². The third-order valence-corrected chi connectivity index (χ3v) is 4.24. The van der Waals surface area contributed by atoms with Crippen LogP contribution in [-0.2, 0) is 4.79 Å². The van der Waals surface area contributed by atoms with E-state index in [1.54, 1.807) is 12.1 Å². The van der Waals surface area contributed by atoms with Crippen LogP contribution in [0.2, 0.25) is 10.0 Å². The molecule has 0 spiro atoms. The Bertz CT molecular complexity index is 709. The minimum Gasteiger partial charge on any atom is -0.311 e. The fourth-order valence-corrected chi connectivity index (χ4v) is 3.23. The topological polar surface area (TPSA) is 46.9 Å². The summed E-state index contributed by atoms with van der Waals surface area (Å²) in [6.07, 6.45) is 2.17. The molecule has 1 N–H and O–H groups in total. The lowest BCUT2D eigenvalue weighted by molar-refractivity contribution is -0.116. The second-order valence-corrected chi connectivity index (χ2v) is 6.30. The lowest BCUT2D eigenvalue weighted by atomic mass is 9.87. The zero-order chi connectivity index (χ0) is 15.1. The first kappa shape index (κ1) is 14.4. The van der Waals surface area contributed by atoms with Crippen LogP contribution in [0, 0.1) is 0 Å².